The van der Waals surface area contributed by atoms with Crippen LogP contribution >= 0.6 is 0 Å². The molecule has 0 aliphatic rings. The molecule has 98 valence electrons. The molecule has 0 rings (SSSR count). The van der Waals surface area contributed by atoms with Crippen molar-refractivity contribution in [3.63, 3.8) is 0 Å². The molecule has 0 aliphatic heterocycles. The van der Waals surface area contributed by atoms with Gasteiger partial charge < -0.3 is 20.1 Å². The van der Waals surface area contributed by atoms with Crippen molar-refractivity contribution in [2.24, 2.45) is 0 Å². The van der Waals surface area contributed by atoms with E-state index in [0.29, 0.717) is 19.2 Å². The first-order valence-electron chi connectivity index (χ1n) is 6.20. The van der Waals surface area contributed by atoms with Gasteiger partial charge in [0.25, 0.3) is 0 Å². The third-order valence-electron chi connectivity index (χ3n) is 2.29. The second kappa shape index (κ2) is 10.0. The van der Waals surface area contributed by atoms with Gasteiger partial charge in [-0.2, -0.15) is 0 Å². The minimum atomic E-state index is -0.401. The van der Waals surface area contributed by atoms with E-state index in [1.54, 1.807) is 0 Å². The molecule has 0 spiro atoms. The Balaban J connectivity index is 3.38. The summed E-state index contributed by atoms with van der Waals surface area (Å²) in [7, 11) is 4.09. The highest BCUT2D eigenvalue weighted by Crippen LogP contribution is 1.91. The van der Waals surface area contributed by atoms with Crippen molar-refractivity contribution in [1.29, 1.82) is 0 Å². The molecule has 0 bridgehead atoms. The van der Waals surface area contributed by atoms with E-state index in [1.807, 2.05) is 14.1 Å². The molecule has 2 unspecified atom stereocenters. The Morgan fingerprint density at radius 2 is 2.06 bits per heavy atom. The lowest BCUT2D eigenvalue weighted by atomic mass is 10.3. The number of aliphatic hydroxyl groups excluding tert-OH is 1. The first kappa shape index (κ1) is 15.8. The molecule has 0 saturated carbocycles. The third kappa shape index (κ3) is 10.4. The number of rotatable bonds is 10. The highest BCUT2D eigenvalue weighted by Gasteiger charge is 2.07. The van der Waals surface area contributed by atoms with Gasteiger partial charge in [0.05, 0.1) is 12.7 Å². The van der Waals surface area contributed by atoms with Crippen LogP contribution in [-0.4, -0.2) is 62.6 Å². The molecule has 0 aromatic carbocycles. The lowest BCUT2D eigenvalue weighted by Crippen LogP contribution is -2.41. The molecule has 0 aromatic heterocycles. The Kier molecular flexibility index (Phi) is 9.92. The van der Waals surface area contributed by atoms with Crippen molar-refractivity contribution in [2.45, 2.75) is 38.8 Å². The van der Waals surface area contributed by atoms with E-state index >= 15 is 0 Å². The summed E-state index contributed by atoms with van der Waals surface area (Å²) >= 11 is 0. The second-order valence-electron chi connectivity index (χ2n) is 4.65. The zero-order valence-electron chi connectivity index (χ0n) is 11.2. The van der Waals surface area contributed by atoms with E-state index in [4.69, 9.17) is 4.74 Å². The van der Waals surface area contributed by atoms with Gasteiger partial charge in [-0.3, -0.25) is 0 Å². The standard InChI is InChI=1S/C12H28N2O2/c1-5-6-7-16-10-12(15)8-13-11(2)9-14(3)4/h11-13,15H,5-10H2,1-4H3. The van der Waals surface area contributed by atoms with E-state index in [2.05, 4.69) is 24.1 Å². The molecule has 0 heterocycles. The molecule has 0 fully saturated rings. The summed E-state index contributed by atoms with van der Waals surface area (Å²) in [5.74, 6) is 0. The van der Waals surface area contributed by atoms with Gasteiger partial charge in [-0.25, -0.2) is 0 Å². The second-order valence-corrected chi connectivity index (χ2v) is 4.65. The summed E-state index contributed by atoms with van der Waals surface area (Å²) in [4.78, 5) is 2.13. The zero-order valence-corrected chi connectivity index (χ0v) is 11.2. The van der Waals surface area contributed by atoms with Crippen molar-refractivity contribution in [2.75, 3.05) is 40.4 Å². The number of nitrogens with zero attached hydrogens (tertiary/aromatic N) is 1. The van der Waals surface area contributed by atoms with Gasteiger partial charge >= 0.3 is 0 Å². The van der Waals surface area contributed by atoms with Crippen molar-refractivity contribution >= 4 is 0 Å². The predicted molar refractivity (Wildman–Crippen MR) is 67.8 cm³/mol. The van der Waals surface area contributed by atoms with Crippen LogP contribution < -0.4 is 5.32 Å². The van der Waals surface area contributed by atoms with Crippen LogP contribution in [0.1, 0.15) is 26.7 Å². The van der Waals surface area contributed by atoms with Gasteiger partial charge in [-0.15, -0.1) is 0 Å². The normalized spacial score (nSPS) is 15.4. The average Bonchev–Trinajstić information content (AvgIpc) is 2.20. The van der Waals surface area contributed by atoms with Gasteiger partial charge in [-0.1, -0.05) is 13.3 Å². The Labute approximate surface area is 100.0 Å². The molecule has 4 heteroatoms. The molecule has 0 aromatic rings. The molecule has 0 amide bonds. The fourth-order valence-electron chi connectivity index (χ4n) is 1.47. The van der Waals surface area contributed by atoms with Crippen molar-refractivity contribution in [1.82, 2.24) is 10.2 Å². The quantitative estimate of drug-likeness (QED) is 0.544. The Morgan fingerprint density at radius 3 is 2.62 bits per heavy atom. The number of hydrogen-bond acceptors (Lipinski definition) is 4. The molecule has 2 N–H and O–H groups in total. The Hall–Kier alpha value is -0.160. The molecule has 0 aliphatic carbocycles. The summed E-state index contributed by atoms with van der Waals surface area (Å²) < 4.78 is 5.35. The molecular formula is C12H28N2O2. The van der Waals surface area contributed by atoms with Crippen LogP contribution in [0.2, 0.25) is 0 Å². The van der Waals surface area contributed by atoms with Gasteiger partial charge in [0, 0.05) is 25.7 Å². The Morgan fingerprint density at radius 1 is 1.38 bits per heavy atom. The van der Waals surface area contributed by atoms with Gasteiger partial charge in [0.1, 0.15) is 0 Å². The van der Waals surface area contributed by atoms with Crippen molar-refractivity contribution < 1.29 is 9.84 Å². The van der Waals surface area contributed by atoms with Gasteiger partial charge in [-0.05, 0) is 27.4 Å². The first-order valence-corrected chi connectivity index (χ1v) is 6.20. The molecule has 0 radical (unpaired) electrons. The minimum Gasteiger partial charge on any atom is -0.389 e. The van der Waals surface area contributed by atoms with Crippen molar-refractivity contribution in [3.8, 4) is 0 Å². The summed E-state index contributed by atoms with van der Waals surface area (Å²) in [6.45, 7) is 7.00. The zero-order chi connectivity index (χ0) is 12.4. The highest BCUT2D eigenvalue weighted by atomic mass is 16.5. The summed E-state index contributed by atoms with van der Waals surface area (Å²) in [6, 6.07) is 0.389. The fourth-order valence-corrected chi connectivity index (χ4v) is 1.47. The lowest BCUT2D eigenvalue weighted by Gasteiger charge is -2.20. The van der Waals surface area contributed by atoms with Gasteiger partial charge in [0.15, 0.2) is 0 Å². The van der Waals surface area contributed by atoms with E-state index in [9.17, 15) is 5.11 Å². The van der Waals surface area contributed by atoms with Crippen LogP contribution in [0.5, 0.6) is 0 Å². The number of ether oxygens (including phenoxy) is 1. The van der Waals surface area contributed by atoms with E-state index < -0.39 is 6.10 Å². The van der Waals surface area contributed by atoms with Crippen molar-refractivity contribution in [3.05, 3.63) is 0 Å². The average molecular weight is 232 g/mol. The summed E-state index contributed by atoms with van der Waals surface area (Å²) in [6.07, 6.45) is 1.80. The number of aliphatic hydroxyl groups is 1. The fraction of sp³-hybridized carbons (Fsp3) is 1.00. The number of hydrogen-bond donors (Lipinski definition) is 2. The van der Waals surface area contributed by atoms with Crippen LogP contribution in [0, 0.1) is 0 Å². The van der Waals surface area contributed by atoms with Crippen LogP contribution in [0.15, 0.2) is 0 Å². The maximum absolute atomic E-state index is 9.63. The van der Waals surface area contributed by atoms with Crippen LogP contribution in [0.25, 0.3) is 0 Å². The van der Waals surface area contributed by atoms with Crippen LogP contribution in [0.3, 0.4) is 0 Å². The minimum absolute atomic E-state index is 0.389. The molecule has 2 atom stereocenters. The summed E-state index contributed by atoms with van der Waals surface area (Å²) in [5, 5.41) is 12.9. The van der Waals surface area contributed by atoms with Crippen LogP contribution in [-0.2, 0) is 4.74 Å². The molecular weight excluding hydrogens is 204 g/mol. The topological polar surface area (TPSA) is 44.7 Å². The first-order chi connectivity index (χ1) is 7.56. The molecule has 16 heavy (non-hydrogen) atoms. The van der Waals surface area contributed by atoms with E-state index in [1.165, 1.54) is 0 Å². The number of nitrogens with one attached hydrogen (secondary N) is 1. The molecule has 0 saturated heterocycles. The monoisotopic (exact) mass is 232 g/mol. The number of likely N-dealkylation sites (N-methyl/N-ethyl adjacent to an activating group) is 1. The maximum Gasteiger partial charge on any atom is 0.0897 e. The predicted octanol–water partition coefficient (Wildman–Crippen LogP) is 0.704. The molecule has 4 nitrogen and oxygen atoms in total. The van der Waals surface area contributed by atoms with E-state index in [-0.39, 0.29) is 0 Å². The highest BCUT2D eigenvalue weighted by molar-refractivity contribution is 4.66. The Bertz CT molecular complexity index is 154. The summed E-state index contributed by atoms with van der Waals surface area (Å²) in [5.41, 5.74) is 0. The lowest BCUT2D eigenvalue weighted by molar-refractivity contribution is 0.0345. The van der Waals surface area contributed by atoms with Gasteiger partial charge in [0.2, 0.25) is 0 Å². The third-order valence-corrected chi connectivity index (χ3v) is 2.29. The SMILES string of the molecule is CCCCOCC(O)CNC(C)CN(C)C. The largest absolute Gasteiger partial charge is 0.389 e. The maximum atomic E-state index is 9.63. The van der Waals surface area contributed by atoms with Crippen LogP contribution in [0.4, 0.5) is 0 Å². The van der Waals surface area contributed by atoms with E-state index in [0.717, 1.165) is 26.0 Å². The number of unbranched alkanes of at least 4 members (excludes halogenated alkanes) is 1. The smallest absolute Gasteiger partial charge is 0.0897 e.